The van der Waals surface area contributed by atoms with Crippen LogP contribution in [0.3, 0.4) is 0 Å². The van der Waals surface area contributed by atoms with E-state index in [1.807, 2.05) is 44.2 Å². The third-order valence-electron chi connectivity index (χ3n) is 6.78. The first-order valence-electron chi connectivity index (χ1n) is 11.6. The molecule has 2 aromatic rings. The topological polar surface area (TPSA) is 95.9 Å². The van der Waals surface area contributed by atoms with Crippen LogP contribution >= 0.6 is 0 Å². The molecule has 6 nitrogen and oxygen atoms in total. The lowest BCUT2D eigenvalue weighted by molar-refractivity contribution is -0.145. The maximum Gasteiger partial charge on any atom is 0.252 e. The van der Waals surface area contributed by atoms with Crippen molar-refractivity contribution >= 4 is 11.7 Å². The summed E-state index contributed by atoms with van der Waals surface area (Å²) in [7, 11) is 0. The number of nitrogens with one attached hydrogen (secondary N) is 1. The Morgan fingerprint density at radius 3 is 2.53 bits per heavy atom. The molecular formula is C28H31NO5. The van der Waals surface area contributed by atoms with E-state index in [0.717, 1.165) is 16.7 Å². The van der Waals surface area contributed by atoms with Crippen LogP contribution in [0.4, 0.5) is 0 Å². The lowest BCUT2D eigenvalue weighted by atomic mass is 9.73. The van der Waals surface area contributed by atoms with Gasteiger partial charge in [-0.1, -0.05) is 68.5 Å². The fourth-order valence-electron chi connectivity index (χ4n) is 4.75. The summed E-state index contributed by atoms with van der Waals surface area (Å²) >= 11 is 0. The summed E-state index contributed by atoms with van der Waals surface area (Å²) in [5, 5.41) is 24.1. The molecule has 1 aliphatic carbocycles. The van der Waals surface area contributed by atoms with Gasteiger partial charge in [-0.05, 0) is 47.9 Å². The van der Waals surface area contributed by atoms with Crippen molar-refractivity contribution in [3.63, 3.8) is 0 Å². The molecule has 0 spiro atoms. The molecule has 1 aliphatic heterocycles. The van der Waals surface area contributed by atoms with Gasteiger partial charge in [-0.2, -0.15) is 0 Å². The molecule has 2 aliphatic rings. The van der Waals surface area contributed by atoms with Crippen molar-refractivity contribution in [2.45, 2.75) is 50.2 Å². The van der Waals surface area contributed by atoms with Crippen molar-refractivity contribution in [2.75, 3.05) is 6.61 Å². The molecule has 34 heavy (non-hydrogen) atoms. The number of allylic oxidation sites excluding steroid dienone is 1. The number of amides is 1. The van der Waals surface area contributed by atoms with Crippen LogP contribution in [-0.4, -0.2) is 40.2 Å². The number of hydrogen-bond acceptors (Lipinski definition) is 5. The SMILES string of the molecule is CC(C)(CC(O)(CCc1ccc(O)cc1)C(=O)NC1C=CC2=COCC2C1=O)c1ccccc1. The highest BCUT2D eigenvalue weighted by Crippen LogP contribution is 2.35. The Hall–Kier alpha value is -3.38. The highest BCUT2D eigenvalue weighted by molar-refractivity contribution is 5.97. The molecule has 2 aromatic carbocycles. The van der Waals surface area contributed by atoms with Crippen LogP contribution in [0.25, 0.3) is 0 Å². The number of rotatable bonds is 8. The largest absolute Gasteiger partial charge is 0.508 e. The molecule has 178 valence electrons. The average Bonchev–Trinajstić information content (AvgIpc) is 3.30. The Balaban J connectivity index is 1.56. The number of aliphatic hydroxyl groups is 1. The number of aryl methyl sites for hydroxylation is 1. The Morgan fingerprint density at radius 2 is 1.82 bits per heavy atom. The molecule has 3 unspecified atom stereocenters. The standard InChI is InChI=1S/C28H31NO5/c1-27(2,21-6-4-3-5-7-21)18-28(33,15-14-19-8-11-22(30)12-9-19)26(32)29-24-13-10-20-16-34-17-23(20)25(24)31/h3-13,16,23-24,30,33H,14-15,17-18H2,1-2H3,(H,29,32). The van der Waals surface area contributed by atoms with Gasteiger partial charge in [0.05, 0.1) is 12.2 Å². The fourth-order valence-corrected chi connectivity index (χ4v) is 4.75. The minimum atomic E-state index is -1.71. The monoisotopic (exact) mass is 461 g/mol. The molecule has 3 atom stereocenters. The summed E-state index contributed by atoms with van der Waals surface area (Å²) in [6.07, 6.45) is 5.81. The summed E-state index contributed by atoms with van der Waals surface area (Å²) in [6.45, 7) is 4.27. The van der Waals surface area contributed by atoms with Crippen LogP contribution in [-0.2, 0) is 26.2 Å². The summed E-state index contributed by atoms with van der Waals surface area (Å²) in [5.41, 5.74) is 0.506. The Morgan fingerprint density at radius 1 is 1.12 bits per heavy atom. The van der Waals surface area contributed by atoms with E-state index in [0.29, 0.717) is 6.42 Å². The summed E-state index contributed by atoms with van der Waals surface area (Å²) in [6, 6.07) is 15.7. The molecular weight excluding hydrogens is 430 g/mol. The first kappa shape index (κ1) is 23.8. The molecule has 4 rings (SSSR count). The number of phenolic OH excluding ortho intramolecular Hbond substituents is 1. The summed E-state index contributed by atoms with van der Waals surface area (Å²) < 4.78 is 5.28. The summed E-state index contributed by atoms with van der Waals surface area (Å²) in [5.74, 6) is -0.928. The zero-order valence-electron chi connectivity index (χ0n) is 19.5. The van der Waals surface area contributed by atoms with Crippen molar-refractivity contribution in [1.82, 2.24) is 5.32 Å². The molecule has 0 fully saturated rings. The van der Waals surface area contributed by atoms with E-state index in [9.17, 15) is 19.8 Å². The molecule has 0 radical (unpaired) electrons. The number of carbonyl (C=O) groups is 2. The van der Waals surface area contributed by atoms with Gasteiger partial charge in [0, 0.05) is 5.57 Å². The Bertz CT molecular complexity index is 1100. The minimum Gasteiger partial charge on any atom is -0.508 e. The Labute approximate surface area is 200 Å². The van der Waals surface area contributed by atoms with Gasteiger partial charge in [-0.25, -0.2) is 0 Å². The number of Topliss-reactive ketones (excluding diaryl/α,β-unsaturated/α-hetero) is 1. The zero-order valence-corrected chi connectivity index (χ0v) is 19.5. The molecule has 0 bridgehead atoms. The van der Waals surface area contributed by atoms with Crippen LogP contribution in [0.2, 0.25) is 0 Å². The van der Waals surface area contributed by atoms with Crippen molar-refractivity contribution in [3.05, 3.63) is 89.7 Å². The third-order valence-corrected chi connectivity index (χ3v) is 6.78. The van der Waals surface area contributed by atoms with Gasteiger partial charge in [0.25, 0.3) is 5.91 Å². The molecule has 1 amide bonds. The maximum atomic E-state index is 13.5. The van der Waals surface area contributed by atoms with Gasteiger partial charge in [0.15, 0.2) is 5.78 Å². The number of ketones is 1. The smallest absolute Gasteiger partial charge is 0.252 e. The number of carbonyl (C=O) groups excluding carboxylic acids is 2. The van der Waals surface area contributed by atoms with E-state index in [1.165, 1.54) is 0 Å². The second-order valence-electron chi connectivity index (χ2n) is 9.84. The third kappa shape index (κ3) is 5.07. The van der Waals surface area contributed by atoms with Gasteiger partial charge < -0.3 is 20.3 Å². The predicted octanol–water partition coefficient (Wildman–Crippen LogP) is 3.58. The van der Waals surface area contributed by atoms with Gasteiger partial charge in [0.1, 0.15) is 24.0 Å². The van der Waals surface area contributed by atoms with Crippen LogP contribution in [0, 0.1) is 5.92 Å². The van der Waals surface area contributed by atoms with Gasteiger partial charge in [0.2, 0.25) is 0 Å². The van der Waals surface area contributed by atoms with E-state index in [2.05, 4.69) is 5.32 Å². The summed E-state index contributed by atoms with van der Waals surface area (Å²) in [4.78, 5) is 26.4. The highest BCUT2D eigenvalue weighted by atomic mass is 16.5. The van der Waals surface area contributed by atoms with Crippen molar-refractivity contribution in [1.29, 1.82) is 0 Å². The first-order chi connectivity index (χ1) is 16.2. The number of ether oxygens (including phenoxy) is 1. The van der Waals surface area contributed by atoms with Crippen LogP contribution in [0.5, 0.6) is 5.75 Å². The molecule has 1 heterocycles. The van der Waals surface area contributed by atoms with Crippen LogP contribution in [0.15, 0.2) is 78.6 Å². The lowest BCUT2D eigenvalue weighted by Gasteiger charge is -2.37. The second-order valence-corrected chi connectivity index (χ2v) is 9.84. The van der Waals surface area contributed by atoms with Gasteiger partial charge in [-0.3, -0.25) is 9.59 Å². The molecule has 3 N–H and O–H groups in total. The van der Waals surface area contributed by atoms with E-state index < -0.39 is 23.0 Å². The normalized spacial score (nSPS) is 21.3. The van der Waals surface area contributed by atoms with E-state index in [-0.39, 0.29) is 36.9 Å². The van der Waals surface area contributed by atoms with Crippen LogP contribution < -0.4 is 5.32 Å². The first-order valence-corrected chi connectivity index (χ1v) is 11.6. The quantitative estimate of drug-likeness (QED) is 0.559. The molecule has 0 saturated heterocycles. The minimum absolute atomic E-state index is 0.136. The van der Waals surface area contributed by atoms with Crippen LogP contribution in [0.1, 0.15) is 37.8 Å². The number of fused-ring (bicyclic) bond motifs is 1. The predicted molar refractivity (Wildman–Crippen MR) is 129 cm³/mol. The molecule has 0 saturated carbocycles. The Kier molecular flexibility index (Phi) is 6.62. The number of hydrogen-bond donors (Lipinski definition) is 3. The van der Waals surface area contributed by atoms with E-state index in [4.69, 9.17) is 4.74 Å². The zero-order chi connectivity index (χ0) is 24.3. The maximum absolute atomic E-state index is 13.5. The number of phenols is 1. The van der Waals surface area contributed by atoms with Gasteiger partial charge >= 0.3 is 0 Å². The van der Waals surface area contributed by atoms with E-state index in [1.54, 1.807) is 42.7 Å². The highest BCUT2D eigenvalue weighted by Gasteiger charge is 2.44. The van der Waals surface area contributed by atoms with Crippen molar-refractivity contribution in [3.8, 4) is 5.75 Å². The fraction of sp³-hybridized carbons (Fsp3) is 0.357. The lowest BCUT2D eigenvalue weighted by Crippen LogP contribution is -2.55. The van der Waals surface area contributed by atoms with E-state index >= 15 is 0 Å². The number of benzene rings is 2. The second kappa shape index (κ2) is 9.47. The van der Waals surface area contributed by atoms with Crippen molar-refractivity contribution < 1.29 is 24.5 Å². The van der Waals surface area contributed by atoms with Crippen molar-refractivity contribution in [2.24, 2.45) is 5.92 Å². The molecule has 0 aromatic heterocycles. The molecule has 6 heteroatoms. The average molecular weight is 462 g/mol. The van der Waals surface area contributed by atoms with Gasteiger partial charge in [-0.15, -0.1) is 0 Å². The number of aromatic hydroxyl groups is 1.